The summed E-state index contributed by atoms with van der Waals surface area (Å²) in [6, 6.07) is 5.20. The molecule has 0 aliphatic rings. The second-order valence-corrected chi connectivity index (χ2v) is 7.24. The Morgan fingerprint density at radius 1 is 1.09 bits per heavy atom. The lowest BCUT2D eigenvalue weighted by molar-refractivity contribution is -0.144. The van der Waals surface area contributed by atoms with Crippen molar-refractivity contribution in [1.29, 1.82) is 0 Å². The van der Waals surface area contributed by atoms with Crippen molar-refractivity contribution < 1.29 is 19.0 Å². The Balaban J connectivity index is 1.83. The number of H-pyrrole nitrogens is 1. The molecule has 2 heterocycles. The van der Waals surface area contributed by atoms with E-state index in [1.807, 2.05) is 13.8 Å². The third-order valence-electron chi connectivity index (χ3n) is 5.17. The van der Waals surface area contributed by atoms with Gasteiger partial charge < -0.3 is 18.8 Å². The summed E-state index contributed by atoms with van der Waals surface area (Å²) in [5.74, 6) is 1.05. The maximum atomic E-state index is 12.5. The highest BCUT2D eigenvalue weighted by Gasteiger charge is 2.19. The lowest BCUT2D eigenvalue weighted by Crippen LogP contribution is -2.31. The molecule has 0 radical (unpaired) electrons. The molecule has 0 spiro atoms. The second-order valence-electron chi connectivity index (χ2n) is 7.24. The number of carbonyl (C=O) groups is 1. The van der Waals surface area contributed by atoms with E-state index in [9.17, 15) is 14.4 Å². The Morgan fingerprint density at radius 3 is 2.50 bits per heavy atom. The van der Waals surface area contributed by atoms with E-state index < -0.39 is 17.2 Å². The molecule has 0 unspecified atom stereocenters. The number of hydrogen-bond acceptors (Lipinski definition) is 7. The molecule has 1 N–H and O–H groups in total. The second kappa shape index (κ2) is 10.2. The molecule has 0 amide bonds. The molecule has 1 aromatic carbocycles. The van der Waals surface area contributed by atoms with Gasteiger partial charge in [-0.2, -0.15) is 0 Å². The van der Waals surface area contributed by atoms with Gasteiger partial charge in [-0.3, -0.25) is 19.1 Å². The van der Waals surface area contributed by atoms with Crippen LogP contribution in [0, 0.1) is 0 Å². The molecule has 3 rings (SSSR count). The van der Waals surface area contributed by atoms with Gasteiger partial charge in [0.2, 0.25) is 0 Å². The standard InChI is InChI=1S/C22H28N4O6/c1-5-7-10-26-20-19(21(28)24-22(26)29)25(6-2)17(23-20)13-32-18(27)12-14-8-9-15(30-3)16(11-14)31-4/h8-9,11H,5-7,10,12-13H2,1-4H3,(H,24,28,29). The van der Waals surface area contributed by atoms with Crippen molar-refractivity contribution in [2.24, 2.45) is 0 Å². The number of aromatic amines is 1. The van der Waals surface area contributed by atoms with E-state index in [0.29, 0.717) is 47.1 Å². The van der Waals surface area contributed by atoms with Gasteiger partial charge in [0, 0.05) is 13.1 Å². The Hall–Kier alpha value is -3.56. The fraction of sp³-hybridized carbons (Fsp3) is 0.455. The van der Waals surface area contributed by atoms with Crippen LogP contribution in [0.3, 0.4) is 0 Å². The maximum Gasteiger partial charge on any atom is 0.330 e. The van der Waals surface area contributed by atoms with E-state index in [2.05, 4.69) is 9.97 Å². The SMILES string of the molecule is CCCCn1c(=O)[nH]c(=O)c2c1nc(COC(=O)Cc1ccc(OC)c(OC)c1)n2CC. The average molecular weight is 444 g/mol. The number of nitrogens with one attached hydrogen (secondary N) is 1. The Labute approximate surface area is 184 Å². The number of aromatic nitrogens is 4. The lowest BCUT2D eigenvalue weighted by Gasteiger charge is -2.10. The molecule has 2 aromatic heterocycles. The van der Waals surface area contributed by atoms with Gasteiger partial charge in [0.05, 0.1) is 20.6 Å². The highest BCUT2D eigenvalue weighted by Crippen LogP contribution is 2.27. The van der Waals surface area contributed by atoms with Gasteiger partial charge in [-0.05, 0) is 31.0 Å². The molecule has 0 atom stereocenters. The van der Waals surface area contributed by atoms with Crippen molar-refractivity contribution in [3.05, 3.63) is 50.4 Å². The number of nitrogens with zero attached hydrogens (tertiary/aromatic N) is 3. The van der Waals surface area contributed by atoms with Gasteiger partial charge in [0.25, 0.3) is 5.56 Å². The number of benzene rings is 1. The molecular formula is C22H28N4O6. The molecule has 10 nitrogen and oxygen atoms in total. The highest BCUT2D eigenvalue weighted by atomic mass is 16.5. The van der Waals surface area contributed by atoms with Crippen LogP contribution in [0.1, 0.15) is 38.1 Å². The molecule has 0 aliphatic heterocycles. The van der Waals surface area contributed by atoms with Crippen LogP contribution in [-0.2, 0) is 35.6 Å². The minimum atomic E-state index is -0.505. The largest absolute Gasteiger partial charge is 0.493 e. The van der Waals surface area contributed by atoms with Crippen molar-refractivity contribution in [1.82, 2.24) is 19.1 Å². The number of fused-ring (bicyclic) bond motifs is 1. The van der Waals surface area contributed by atoms with Crippen molar-refractivity contribution >= 4 is 17.1 Å². The number of ether oxygens (including phenoxy) is 3. The normalized spacial score (nSPS) is 11.0. The first-order chi connectivity index (χ1) is 15.4. The molecule has 0 fully saturated rings. The van der Waals surface area contributed by atoms with E-state index >= 15 is 0 Å². The number of unbranched alkanes of at least 4 members (excludes halogenated alkanes) is 1. The van der Waals surface area contributed by atoms with E-state index in [-0.39, 0.29) is 13.0 Å². The summed E-state index contributed by atoms with van der Waals surface area (Å²) in [5, 5.41) is 0. The van der Waals surface area contributed by atoms with Gasteiger partial charge >= 0.3 is 11.7 Å². The van der Waals surface area contributed by atoms with Crippen LogP contribution in [0.15, 0.2) is 27.8 Å². The minimum absolute atomic E-state index is 0.0362. The Morgan fingerprint density at radius 2 is 1.84 bits per heavy atom. The van der Waals surface area contributed by atoms with Gasteiger partial charge in [0.1, 0.15) is 12.4 Å². The fourth-order valence-electron chi connectivity index (χ4n) is 3.55. The average Bonchev–Trinajstić information content (AvgIpc) is 3.16. The third-order valence-corrected chi connectivity index (χ3v) is 5.17. The first-order valence-electron chi connectivity index (χ1n) is 10.5. The van der Waals surface area contributed by atoms with E-state index in [1.54, 1.807) is 29.9 Å². The molecule has 172 valence electrons. The first-order valence-corrected chi connectivity index (χ1v) is 10.5. The number of rotatable bonds is 10. The highest BCUT2D eigenvalue weighted by molar-refractivity contribution is 5.73. The summed E-state index contributed by atoms with van der Waals surface area (Å²) in [4.78, 5) is 44.0. The zero-order valence-electron chi connectivity index (χ0n) is 18.8. The van der Waals surface area contributed by atoms with Gasteiger partial charge in [0.15, 0.2) is 22.7 Å². The number of hydrogen-bond donors (Lipinski definition) is 1. The van der Waals surface area contributed by atoms with E-state index in [4.69, 9.17) is 14.2 Å². The van der Waals surface area contributed by atoms with E-state index in [1.165, 1.54) is 11.7 Å². The van der Waals surface area contributed by atoms with Crippen LogP contribution < -0.4 is 20.7 Å². The number of methoxy groups -OCH3 is 2. The number of aryl methyl sites for hydroxylation is 2. The fourth-order valence-corrected chi connectivity index (χ4v) is 3.55. The van der Waals surface area contributed by atoms with Crippen LogP contribution in [0.2, 0.25) is 0 Å². The Kier molecular flexibility index (Phi) is 7.34. The lowest BCUT2D eigenvalue weighted by atomic mass is 10.1. The summed E-state index contributed by atoms with van der Waals surface area (Å²) in [6.07, 6.45) is 1.70. The van der Waals surface area contributed by atoms with Gasteiger partial charge in [-0.15, -0.1) is 0 Å². The summed E-state index contributed by atoms with van der Waals surface area (Å²) >= 11 is 0. The van der Waals surface area contributed by atoms with Crippen molar-refractivity contribution in [3.8, 4) is 11.5 Å². The maximum absolute atomic E-state index is 12.5. The van der Waals surface area contributed by atoms with Crippen LogP contribution in [-0.4, -0.2) is 39.3 Å². The molecule has 10 heteroatoms. The molecule has 0 bridgehead atoms. The summed E-state index contributed by atoms with van der Waals surface area (Å²) in [7, 11) is 3.06. The quantitative estimate of drug-likeness (QED) is 0.475. The third kappa shape index (κ3) is 4.68. The topological polar surface area (TPSA) is 117 Å². The van der Waals surface area contributed by atoms with Gasteiger partial charge in [-0.25, -0.2) is 9.78 Å². The predicted molar refractivity (Wildman–Crippen MR) is 118 cm³/mol. The van der Waals surface area contributed by atoms with E-state index in [0.717, 1.165) is 12.8 Å². The molecule has 0 aliphatic carbocycles. The first kappa shape index (κ1) is 23.1. The summed E-state index contributed by atoms with van der Waals surface area (Å²) in [6.45, 7) is 4.64. The summed E-state index contributed by atoms with van der Waals surface area (Å²) in [5.41, 5.74) is 0.319. The molecule has 0 saturated carbocycles. The predicted octanol–water partition coefficient (Wildman–Crippen LogP) is 2.01. The molecule has 3 aromatic rings. The van der Waals surface area contributed by atoms with Crippen LogP contribution in [0.25, 0.3) is 11.2 Å². The zero-order valence-corrected chi connectivity index (χ0v) is 18.8. The Bertz CT molecular complexity index is 1220. The molecular weight excluding hydrogens is 416 g/mol. The number of carbonyl (C=O) groups excluding carboxylic acids is 1. The number of esters is 1. The van der Waals surface area contributed by atoms with Crippen LogP contribution >= 0.6 is 0 Å². The van der Waals surface area contributed by atoms with Crippen LogP contribution in [0.5, 0.6) is 11.5 Å². The van der Waals surface area contributed by atoms with Crippen molar-refractivity contribution in [2.45, 2.75) is 52.8 Å². The number of imidazole rings is 1. The zero-order chi connectivity index (χ0) is 23.3. The van der Waals surface area contributed by atoms with Crippen molar-refractivity contribution in [2.75, 3.05) is 14.2 Å². The summed E-state index contributed by atoms with van der Waals surface area (Å²) < 4.78 is 19.0. The van der Waals surface area contributed by atoms with Gasteiger partial charge in [-0.1, -0.05) is 19.4 Å². The monoisotopic (exact) mass is 444 g/mol. The minimum Gasteiger partial charge on any atom is -0.493 e. The smallest absolute Gasteiger partial charge is 0.330 e. The van der Waals surface area contributed by atoms with Crippen LogP contribution in [0.4, 0.5) is 0 Å². The molecule has 32 heavy (non-hydrogen) atoms. The molecule has 0 saturated heterocycles. The van der Waals surface area contributed by atoms with Crippen molar-refractivity contribution in [3.63, 3.8) is 0 Å².